The van der Waals surface area contributed by atoms with E-state index in [4.69, 9.17) is 4.74 Å². The zero-order chi connectivity index (χ0) is 20.3. The maximum Gasteiger partial charge on any atom is 0.310 e. The number of benzene rings is 2. The van der Waals surface area contributed by atoms with E-state index in [1.54, 1.807) is 48.4 Å². The highest BCUT2D eigenvalue weighted by Crippen LogP contribution is 2.36. The zero-order valence-corrected chi connectivity index (χ0v) is 16.1. The number of rotatable bonds is 5. The van der Waals surface area contributed by atoms with Crippen LogP contribution in [0.15, 0.2) is 48.5 Å². The Bertz CT molecular complexity index is 893. The first-order valence-electron chi connectivity index (χ1n) is 9.06. The Morgan fingerprint density at radius 2 is 1.75 bits per heavy atom. The molecule has 28 heavy (non-hydrogen) atoms. The van der Waals surface area contributed by atoms with E-state index in [2.05, 4.69) is 10.6 Å². The van der Waals surface area contributed by atoms with Crippen molar-refractivity contribution in [2.45, 2.75) is 32.5 Å². The van der Waals surface area contributed by atoms with Crippen LogP contribution in [-0.4, -0.2) is 30.9 Å². The van der Waals surface area contributed by atoms with Crippen molar-refractivity contribution in [2.75, 3.05) is 12.0 Å². The summed E-state index contributed by atoms with van der Waals surface area (Å²) in [5, 5.41) is 5.13. The molecule has 2 N–H and O–H groups in total. The van der Waals surface area contributed by atoms with Crippen LogP contribution < -0.4 is 20.3 Å². The number of carbonyl (C=O) groups excluding carboxylic acids is 3. The minimum absolute atomic E-state index is 0.0561. The molecule has 1 aliphatic heterocycles. The number of hydrogen-bond donors (Lipinski definition) is 2. The average molecular weight is 381 g/mol. The van der Waals surface area contributed by atoms with Crippen LogP contribution in [0.2, 0.25) is 0 Å². The van der Waals surface area contributed by atoms with E-state index in [1.165, 1.54) is 0 Å². The number of ether oxygens (including phenoxy) is 1. The number of fused-ring (bicyclic) bond motifs is 1. The molecule has 0 radical (unpaired) electrons. The van der Waals surface area contributed by atoms with E-state index in [1.807, 2.05) is 26.0 Å². The molecular weight excluding hydrogens is 358 g/mol. The van der Waals surface area contributed by atoms with Crippen LogP contribution in [-0.2, 0) is 20.9 Å². The molecule has 0 fully saturated rings. The fourth-order valence-corrected chi connectivity index (χ4v) is 3.22. The van der Waals surface area contributed by atoms with Gasteiger partial charge < -0.3 is 20.3 Å². The van der Waals surface area contributed by atoms with E-state index in [-0.39, 0.29) is 18.5 Å². The zero-order valence-electron chi connectivity index (χ0n) is 16.1. The van der Waals surface area contributed by atoms with Gasteiger partial charge in [-0.2, -0.15) is 0 Å². The topological polar surface area (TPSA) is 87.7 Å². The quantitative estimate of drug-likeness (QED) is 0.775. The van der Waals surface area contributed by atoms with Crippen molar-refractivity contribution in [3.63, 3.8) is 0 Å². The number of amides is 3. The SMILES string of the molecule is COc1ccc(CNC(=O)C(=O)NC2C(=O)N(C(C)C)c3ccccc32)cc1. The first-order chi connectivity index (χ1) is 13.4. The highest BCUT2D eigenvalue weighted by molar-refractivity contribution is 6.35. The van der Waals surface area contributed by atoms with Gasteiger partial charge in [0.2, 0.25) is 0 Å². The van der Waals surface area contributed by atoms with Gasteiger partial charge in [0.05, 0.1) is 7.11 Å². The van der Waals surface area contributed by atoms with Gasteiger partial charge in [-0.25, -0.2) is 0 Å². The van der Waals surface area contributed by atoms with Gasteiger partial charge in [-0.05, 0) is 37.6 Å². The van der Waals surface area contributed by atoms with Crippen molar-refractivity contribution in [2.24, 2.45) is 0 Å². The van der Waals surface area contributed by atoms with Gasteiger partial charge in [-0.15, -0.1) is 0 Å². The average Bonchev–Trinajstić information content (AvgIpc) is 2.98. The van der Waals surface area contributed by atoms with Crippen LogP contribution in [0.1, 0.15) is 31.0 Å². The molecule has 0 saturated heterocycles. The Balaban J connectivity index is 1.65. The smallest absolute Gasteiger partial charge is 0.310 e. The van der Waals surface area contributed by atoms with Crippen LogP contribution in [0, 0.1) is 0 Å². The Hall–Kier alpha value is -3.35. The van der Waals surface area contributed by atoms with Gasteiger partial charge in [0.15, 0.2) is 0 Å². The van der Waals surface area contributed by atoms with Crippen molar-refractivity contribution >= 4 is 23.4 Å². The molecule has 0 spiro atoms. The molecule has 0 saturated carbocycles. The lowest BCUT2D eigenvalue weighted by molar-refractivity contribution is -0.140. The second kappa shape index (κ2) is 8.12. The summed E-state index contributed by atoms with van der Waals surface area (Å²) in [6.45, 7) is 4.00. The Morgan fingerprint density at radius 3 is 2.39 bits per heavy atom. The van der Waals surface area contributed by atoms with Gasteiger partial charge in [0.25, 0.3) is 5.91 Å². The molecule has 0 aromatic heterocycles. The van der Waals surface area contributed by atoms with Gasteiger partial charge in [0.1, 0.15) is 11.8 Å². The standard InChI is InChI=1S/C21H23N3O4/c1-13(2)24-17-7-5-4-6-16(17)18(21(24)27)23-20(26)19(25)22-12-14-8-10-15(28-3)11-9-14/h4-11,13,18H,12H2,1-3H3,(H,22,25)(H,23,26). The molecule has 7 nitrogen and oxygen atoms in total. The molecule has 0 bridgehead atoms. The Labute approximate surface area is 163 Å². The van der Waals surface area contributed by atoms with E-state index < -0.39 is 17.9 Å². The molecule has 146 valence electrons. The number of nitrogens with one attached hydrogen (secondary N) is 2. The second-order valence-electron chi connectivity index (χ2n) is 6.80. The monoisotopic (exact) mass is 381 g/mol. The number of para-hydroxylation sites is 1. The van der Waals surface area contributed by atoms with E-state index in [9.17, 15) is 14.4 Å². The number of nitrogens with zero attached hydrogens (tertiary/aromatic N) is 1. The highest BCUT2D eigenvalue weighted by atomic mass is 16.5. The molecule has 1 heterocycles. The summed E-state index contributed by atoms with van der Waals surface area (Å²) in [6, 6.07) is 13.5. The molecule has 2 aromatic rings. The van der Waals surface area contributed by atoms with Crippen molar-refractivity contribution in [3.05, 3.63) is 59.7 Å². The normalized spacial score (nSPS) is 15.4. The lowest BCUT2D eigenvalue weighted by Gasteiger charge is -2.22. The van der Waals surface area contributed by atoms with Crippen molar-refractivity contribution in [3.8, 4) is 5.75 Å². The molecule has 1 aliphatic rings. The van der Waals surface area contributed by atoms with Gasteiger partial charge in [0, 0.05) is 23.8 Å². The molecular formula is C21H23N3O4. The summed E-state index contributed by atoms with van der Waals surface area (Å²) >= 11 is 0. The summed E-state index contributed by atoms with van der Waals surface area (Å²) in [6.07, 6.45) is 0. The van der Waals surface area contributed by atoms with E-state index in [0.717, 1.165) is 11.3 Å². The van der Waals surface area contributed by atoms with Crippen molar-refractivity contribution < 1.29 is 19.1 Å². The Kier molecular flexibility index (Phi) is 5.63. The number of carbonyl (C=O) groups is 3. The summed E-state index contributed by atoms with van der Waals surface area (Å²) in [7, 11) is 1.57. The number of anilines is 1. The van der Waals surface area contributed by atoms with Crippen molar-refractivity contribution in [1.82, 2.24) is 10.6 Å². The molecule has 3 amide bonds. The first kappa shape index (κ1) is 19.4. The van der Waals surface area contributed by atoms with Crippen LogP contribution in [0.4, 0.5) is 5.69 Å². The van der Waals surface area contributed by atoms with E-state index >= 15 is 0 Å². The maximum absolute atomic E-state index is 12.8. The summed E-state index contributed by atoms with van der Waals surface area (Å²) in [5.74, 6) is -1.16. The minimum atomic E-state index is -0.863. The summed E-state index contributed by atoms with van der Waals surface area (Å²) < 4.78 is 5.08. The van der Waals surface area contributed by atoms with Gasteiger partial charge >= 0.3 is 11.8 Å². The van der Waals surface area contributed by atoms with Crippen LogP contribution in [0.3, 0.4) is 0 Å². The Morgan fingerprint density at radius 1 is 1.07 bits per heavy atom. The first-order valence-corrected chi connectivity index (χ1v) is 9.06. The van der Waals surface area contributed by atoms with E-state index in [0.29, 0.717) is 11.3 Å². The molecule has 3 rings (SSSR count). The predicted molar refractivity (Wildman–Crippen MR) is 105 cm³/mol. The lowest BCUT2D eigenvalue weighted by Crippen LogP contribution is -2.45. The number of hydrogen-bond acceptors (Lipinski definition) is 4. The maximum atomic E-state index is 12.8. The predicted octanol–water partition coefficient (Wildman–Crippen LogP) is 1.92. The largest absolute Gasteiger partial charge is 0.497 e. The number of methoxy groups -OCH3 is 1. The summed E-state index contributed by atoms with van der Waals surface area (Å²) in [4.78, 5) is 38.9. The van der Waals surface area contributed by atoms with Crippen LogP contribution in [0.25, 0.3) is 0 Å². The van der Waals surface area contributed by atoms with Crippen LogP contribution >= 0.6 is 0 Å². The molecule has 1 atom stereocenters. The molecule has 1 unspecified atom stereocenters. The molecule has 7 heteroatoms. The second-order valence-corrected chi connectivity index (χ2v) is 6.80. The molecule has 2 aromatic carbocycles. The summed E-state index contributed by atoms with van der Waals surface area (Å²) in [5.41, 5.74) is 2.28. The fourth-order valence-electron chi connectivity index (χ4n) is 3.22. The lowest BCUT2D eigenvalue weighted by atomic mass is 10.1. The fraction of sp³-hybridized carbons (Fsp3) is 0.286. The van der Waals surface area contributed by atoms with Gasteiger partial charge in [-0.3, -0.25) is 14.4 Å². The van der Waals surface area contributed by atoms with Crippen molar-refractivity contribution in [1.29, 1.82) is 0 Å². The third kappa shape index (κ3) is 3.83. The third-order valence-electron chi connectivity index (χ3n) is 4.60. The highest BCUT2D eigenvalue weighted by Gasteiger charge is 2.39. The minimum Gasteiger partial charge on any atom is -0.497 e. The third-order valence-corrected chi connectivity index (χ3v) is 4.60. The molecule has 0 aliphatic carbocycles. The van der Waals surface area contributed by atoms with Crippen LogP contribution in [0.5, 0.6) is 5.75 Å². The van der Waals surface area contributed by atoms with Gasteiger partial charge in [-0.1, -0.05) is 30.3 Å².